The number of halogens is 1. The highest BCUT2D eigenvalue weighted by Gasteiger charge is 2.34. The van der Waals surface area contributed by atoms with Crippen molar-refractivity contribution in [3.05, 3.63) is 59.7 Å². The molecule has 8 heteroatoms. The van der Waals surface area contributed by atoms with Gasteiger partial charge in [0.2, 0.25) is 17.6 Å². The highest BCUT2D eigenvalue weighted by molar-refractivity contribution is 5.79. The minimum atomic E-state index is -0.369. The Morgan fingerprint density at radius 1 is 1.17 bits per heavy atom. The van der Waals surface area contributed by atoms with Crippen molar-refractivity contribution in [1.29, 1.82) is 0 Å². The van der Waals surface area contributed by atoms with Gasteiger partial charge in [0, 0.05) is 25.1 Å². The zero-order chi connectivity index (χ0) is 20.4. The van der Waals surface area contributed by atoms with E-state index >= 15 is 0 Å². The molecule has 0 radical (unpaired) electrons. The number of aromatic nitrogens is 2. The van der Waals surface area contributed by atoms with E-state index in [1.54, 1.807) is 31.3 Å². The van der Waals surface area contributed by atoms with Gasteiger partial charge in [-0.05, 0) is 29.8 Å². The van der Waals surface area contributed by atoms with E-state index in [0.717, 1.165) is 5.56 Å². The van der Waals surface area contributed by atoms with Crippen molar-refractivity contribution < 1.29 is 23.2 Å². The molecule has 2 heterocycles. The van der Waals surface area contributed by atoms with Crippen LogP contribution >= 0.6 is 0 Å². The molecule has 1 fully saturated rings. The molecule has 0 bridgehead atoms. The molecule has 29 heavy (non-hydrogen) atoms. The second-order valence-electron chi connectivity index (χ2n) is 6.83. The molecule has 1 atom stereocenters. The topological polar surface area (TPSA) is 77.7 Å². The van der Waals surface area contributed by atoms with Gasteiger partial charge in [0.25, 0.3) is 0 Å². The number of likely N-dealkylation sites (tertiary alicyclic amines) is 1. The van der Waals surface area contributed by atoms with Gasteiger partial charge in [-0.25, -0.2) is 4.39 Å². The smallest absolute Gasteiger partial charge is 0.232 e. The normalized spacial score (nSPS) is 16.3. The first-order valence-corrected chi connectivity index (χ1v) is 9.15. The average molecular weight is 397 g/mol. The first kappa shape index (κ1) is 18.9. The Morgan fingerprint density at radius 3 is 2.76 bits per heavy atom. The molecule has 4 rings (SSSR count). The minimum absolute atomic E-state index is 0.00953. The minimum Gasteiger partial charge on any atom is -0.493 e. The summed E-state index contributed by atoms with van der Waals surface area (Å²) in [5.41, 5.74) is 1.47. The Balaban J connectivity index is 1.47. The predicted molar refractivity (Wildman–Crippen MR) is 102 cm³/mol. The summed E-state index contributed by atoms with van der Waals surface area (Å²) in [4.78, 5) is 18.6. The summed E-state index contributed by atoms with van der Waals surface area (Å²) >= 11 is 0. The third-order valence-corrected chi connectivity index (χ3v) is 4.91. The summed E-state index contributed by atoms with van der Waals surface area (Å²) in [5.74, 6) is 1.39. The summed E-state index contributed by atoms with van der Waals surface area (Å²) < 4.78 is 29.3. The van der Waals surface area contributed by atoms with Gasteiger partial charge in [-0.3, -0.25) is 4.79 Å². The molecule has 0 spiro atoms. The average Bonchev–Trinajstić information content (AvgIpc) is 3.35. The lowest BCUT2D eigenvalue weighted by Crippen LogP contribution is -2.24. The number of nitrogens with zero attached hydrogens (tertiary/aromatic N) is 3. The zero-order valence-corrected chi connectivity index (χ0v) is 16.1. The van der Waals surface area contributed by atoms with Crippen molar-refractivity contribution in [2.45, 2.75) is 18.9 Å². The van der Waals surface area contributed by atoms with Crippen molar-refractivity contribution in [3.63, 3.8) is 0 Å². The fourth-order valence-corrected chi connectivity index (χ4v) is 3.44. The third-order valence-electron chi connectivity index (χ3n) is 4.91. The maximum atomic E-state index is 13.4. The zero-order valence-electron chi connectivity index (χ0n) is 16.1. The molecule has 1 aliphatic heterocycles. The quantitative estimate of drug-likeness (QED) is 0.634. The molecule has 2 aromatic carbocycles. The van der Waals surface area contributed by atoms with Gasteiger partial charge >= 0.3 is 0 Å². The summed E-state index contributed by atoms with van der Waals surface area (Å²) in [6.45, 7) is 0.915. The van der Waals surface area contributed by atoms with E-state index in [1.165, 1.54) is 12.1 Å². The van der Waals surface area contributed by atoms with Crippen LogP contribution in [0.1, 0.15) is 23.8 Å². The highest BCUT2D eigenvalue weighted by Crippen LogP contribution is 2.32. The summed E-state index contributed by atoms with van der Waals surface area (Å²) in [6.07, 6.45) is 0.290. The van der Waals surface area contributed by atoms with Crippen LogP contribution in [0, 0.1) is 5.82 Å². The van der Waals surface area contributed by atoms with Crippen LogP contribution in [0.15, 0.2) is 47.0 Å². The summed E-state index contributed by atoms with van der Waals surface area (Å²) in [6, 6.07) is 11.6. The van der Waals surface area contributed by atoms with Crippen molar-refractivity contribution in [1.82, 2.24) is 15.0 Å². The molecule has 1 amide bonds. The van der Waals surface area contributed by atoms with Crippen LogP contribution in [0.5, 0.6) is 11.5 Å². The van der Waals surface area contributed by atoms with Gasteiger partial charge in [-0.2, -0.15) is 4.98 Å². The standard InChI is InChI=1S/C21H20FN3O4/c1-27-17-7-6-13(8-18(17)28-2)11-25-12-15(10-19(25)26)21-23-20(24-29-21)14-4-3-5-16(22)9-14/h3-9,15H,10-12H2,1-2H3. The molecule has 1 aromatic heterocycles. The fraction of sp³-hybridized carbons (Fsp3) is 0.286. The molecule has 1 unspecified atom stereocenters. The van der Waals surface area contributed by atoms with Gasteiger partial charge in [0.1, 0.15) is 5.82 Å². The van der Waals surface area contributed by atoms with Crippen LogP contribution in [0.4, 0.5) is 4.39 Å². The molecule has 0 aliphatic carbocycles. The number of carbonyl (C=O) groups is 1. The van der Waals surface area contributed by atoms with E-state index in [2.05, 4.69) is 10.1 Å². The monoisotopic (exact) mass is 397 g/mol. The highest BCUT2D eigenvalue weighted by atomic mass is 19.1. The van der Waals surface area contributed by atoms with Gasteiger partial charge < -0.3 is 18.9 Å². The van der Waals surface area contributed by atoms with E-state index in [4.69, 9.17) is 14.0 Å². The van der Waals surface area contributed by atoms with Crippen molar-refractivity contribution >= 4 is 5.91 Å². The van der Waals surface area contributed by atoms with Crippen LogP contribution in [0.3, 0.4) is 0 Å². The molecular formula is C21H20FN3O4. The lowest BCUT2D eigenvalue weighted by atomic mass is 10.1. The van der Waals surface area contributed by atoms with Crippen LogP contribution in [-0.2, 0) is 11.3 Å². The van der Waals surface area contributed by atoms with Crippen LogP contribution in [-0.4, -0.2) is 41.7 Å². The number of benzene rings is 2. The van der Waals surface area contributed by atoms with Crippen molar-refractivity contribution in [2.24, 2.45) is 0 Å². The molecule has 150 valence electrons. The SMILES string of the molecule is COc1ccc(CN2CC(c3nc(-c4cccc(F)c4)no3)CC2=O)cc1OC. The second-order valence-corrected chi connectivity index (χ2v) is 6.83. The summed E-state index contributed by atoms with van der Waals surface area (Å²) in [5, 5.41) is 3.93. The van der Waals surface area contributed by atoms with Gasteiger partial charge in [0.05, 0.1) is 20.1 Å². The van der Waals surface area contributed by atoms with E-state index in [-0.39, 0.29) is 24.1 Å². The number of carbonyl (C=O) groups excluding carboxylic acids is 1. The molecule has 0 N–H and O–H groups in total. The van der Waals surface area contributed by atoms with E-state index in [9.17, 15) is 9.18 Å². The maximum Gasteiger partial charge on any atom is 0.232 e. The lowest BCUT2D eigenvalue weighted by molar-refractivity contribution is -0.128. The third kappa shape index (κ3) is 3.91. The van der Waals surface area contributed by atoms with E-state index in [1.807, 2.05) is 18.2 Å². The molecule has 1 saturated heterocycles. The van der Waals surface area contributed by atoms with Crippen LogP contribution < -0.4 is 9.47 Å². The Bertz CT molecular complexity index is 1040. The van der Waals surface area contributed by atoms with Gasteiger partial charge in [0.15, 0.2) is 11.5 Å². The number of ether oxygens (including phenoxy) is 2. The fourth-order valence-electron chi connectivity index (χ4n) is 3.44. The van der Waals surface area contributed by atoms with Gasteiger partial charge in [-0.15, -0.1) is 0 Å². The largest absolute Gasteiger partial charge is 0.493 e. The number of hydrogen-bond acceptors (Lipinski definition) is 6. The first-order chi connectivity index (χ1) is 14.1. The Morgan fingerprint density at radius 2 is 2.00 bits per heavy atom. The molecule has 7 nitrogen and oxygen atoms in total. The number of amides is 1. The maximum absolute atomic E-state index is 13.4. The first-order valence-electron chi connectivity index (χ1n) is 9.15. The molecule has 3 aromatic rings. The number of hydrogen-bond donors (Lipinski definition) is 0. The lowest BCUT2D eigenvalue weighted by Gasteiger charge is -2.17. The Hall–Kier alpha value is -3.42. The number of methoxy groups -OCH3 is 2. The number of rotatable bonds is 6. The van der Waals surface area contributed by atoms with Crippen LogP contribution in [0.25, 0.3) is 11.4 Å². The molecule has 0 saturated carbocycles. The van der Waals surface area contributed by atoms with Crippen molar-refractivity contribution in [3.8, 4) is 22.9 Å². The Labute approximate surface area is 167 Å². The van der Waals surface area contributed by atoms with Gasteiger partial charge in [-0.1, -0.05) is 23.4 Å². The predicted octanol–water partition coefficient (Wildman–Crippen LogP) is 3.41. The second kappa shape index (κ2) is 7.90. The molecule has 1 aliphatic rings. The Kier molecular flexibility index (Phi) is 5.16. The van der Waals surface area contributed by atoms with E-state index in [0.29, 0.717) is 41.9 Å². The van der Waals surface area contributed by atoms with E-state index < -0.39 is 0 Å². The molecular weight excluding hydrogens is 377 g/mol. The summed E-state index contributed by atoms with van der Waals surface area (Å²) in [7, 11) is 3.15. The van der Waals surface area contributed by atoms with Crippen LogP contribution in [0.2, 0.25) is 0 Å². The van der Waals surface area contributed by atoms with Crippen molar-refractivity contribution in [2.75, 3.05) is 20.8 Å².